The van der Waals surface area contributed by atoms with Gasteiger partial charge in [0.2, 0.25) is 0 Å². The van der Waals surface area contributed by atoms with Crippen molar-refractivity contribution in [2.75, 3.05) is 31.2 Å². The van der Waals surface area contributed by atoms with Gasteiger partial charge in [0.05, 0.1) is 24.2 Å². The fourth-order valence-corrected chi connectivity index (χ4v) is 3.69. The Morgan fingerprint density at radius 1 is 1.10 bits per heavy atom. The average Bonchev–Trinajstić information content (AvgIpc) is 2.75. The standard InChI is InChI=1S/C20H16BrNO5.C2H6/c21-14-9-12(8-13(10-14)20(24)25)15-2-1-3-16-17(23)11-18(27-19(15)16)22-4-6-26-7-5-22;1-2/h1-3,8-11H,4-7H2,(H,24,25);1-2H3. The van der Waals surface area contributed by atoms with Crippen LogP contribution in [0.4, 0.5) is 5.88 Å². The molecule has 2 aromatic carbocycles. The molecule has 0 spiro atoms. The summed E-state index contributed by atoms with van der Waals surface area (Å²) in [7, 11) is 0. The van der Waals surface area contributed by atoms with Crippen LogP contribution in [0.2, 0.25) is 0 Å². The smallest absolute Gasteiger partial charge is 0.335 e. The third kappa shape index (κ3) is 4.52. The van der Waals surface area contributed by atoms with E-state index in [1.54, 1.807) is 18.2 Å². The number of ether oxygens (including phenoxy) is 1. The number of hydrogen-bond donors (Lipinski definition) is 1. The zero-order chi connectivity index (χ0) is 21.0. The summed E-state index contributed by atoms with van der Waals surface area (Å²) in [6.07, 6.45) is 0. The molecule has 29 heavy (non-hydrogen) atoms. The molecule has 0 aliphatic carbocycles. The maximum absolute atomic E-state index is 12.6. The van der Waals surface area contributed by atoms with Crippen molar-refractivity contribution in [1.82, 2.24) is 0 Å². The van der Waals surface area contributed by atoms with E-state index in [1.807, 2.05) is 30.9 Å². The van der Waals surface area contributed by atoms with Gasteiger partial charge in [-0.1, -0.05) is 41.9 Å². The number of rotatable bonds is 3. The molecular formula is C22H22BrNO5. The third-order valence-corrected chi connectivity index (χ3v) is 4.98. The molecule has 2 heterocycles. The van der Waals surface area contributed by atoms with Crippen LogP contribution in [0.5, 0.6) is 0 Å². The maximum Gasteiger partial charge on any atom is 0.335 e. The van der Waals surface area contributed by atoms with Gasteiger partial charge in [-0.05, 0) is 29.8 Å². The molecule has 152 valence electrons. The zero-order valence-corrected chi connectivity index (χ0v) is 17.9. The Bertz CT molecular complexity index is 1090. The van der Waals surface area contributed by atoms with Gasteiger partial charge in [-0.15, -0.1) is 0 Å². The summed E-state index contributed by atoms with van der Waals surface area (Å²) >= 11 is 3.36. The molecule has 1 aliphatic heterocycles. The van der Waals surface area contributed by atoms with Gasteiger partial charge in [-0.25, -0.2) is 4.79 Å². The van der Waals surface area contributed by atoms with Crippen LogP contribution in [0.1, 0.15) is 24.2 Å². The minimum Gasteiger partial charge on any atom is -0.478 e. The first-order valence-electron chi connectivity index (χ1n) is 9.47. The van der Waals surface area contributed by atoms with Crippen LogP contribution in [0.25, 0.3) is 22.1 Å². The second kappa shape index (κ2) is 9.24. The number of benzene rings is 2. The van der Waals surface area contributed by atoms with E-state index in [-0.39, 0.29) is 11.0 Å². The van der Waals surface area contributed by atoms with E-state index in [0.717, 1.165) is 0 Å². The van der Waals surface area contributed by atoms with Gasteiger partial charge in [-0.2, -0.15) is 0 Å². The second-order valence-electron chi connectivity index (χ2n) is 6.26. The number of anilines is 1. The lowest BCUT2D eigenvalue weighted by Gasteiger charge is -2.27. The number of fused-ring (bicyclic) bond motifs is 1. The van der Waals surface area contributed by atoms with Crippen molar-refractivity contribution in [2.24, 2.45) is 0 Å². The van der Waals surface area contributed by atoms with Crippen molar-refractivity contribution in [3.63, 3.8) is 0 Å². The lowest BCUT2D eigenvalue weighted by Crippen LogP contribution is -2.36. The molecule has 0 radical (unpaired) electrons. The van der Waals surface area contributed by atoms with E-state index >= 15 is 0 Å². The third-order valence-electron chi connectivity index (χ3n) is 4.52. The molecule has 7 heteroatoms. The van der Waals surface area contributed by atoms with Crippen molar-refractivity contribution in [2.45, 2.75) is 13.8 Å². The monoisotopic (exact) mass is 459 g/mol. The van der Waals surface area contributed by atoms with Crippen LogP contribution >= 0.6 is 15.9 Å². The molecule has 3 aromatic rings. The highest BCUT2D eigenvalue weighted by molar-refractivity contribution is 9.10. The molecule has 0 amide bonds. The van der Waals surface area contributed by atoms with Crippen LogP contribution < -0.4 is 10.3 Å². The number of aromatic carboxylic acids is 1. The Hall–Kier alpha value is -2.64. The normalized spacial score (nSPS) is 13.7. The minimum atomic E-state index is -1.02. The first kappa shape index (κ1) is 21.1. The number of para-hydroxylation sites is 1. The molecule has 0 atom stereocenters. The highest BCUT2D eigenvalue weighted by Gasteiger charge is 2.18. The predicted molar refractivity (Wildman–Crippen MR) is 117 cm³/mol. The second-order valence-corrected chi connectivity index (χ2v) is 7.18. The maximum atomic E-state index is 12.6. The van der Waals surface area contributed by atoms with Crippen LogP contribution in [0.15, 0.2) is 56.1 Å². The minimum absolute atomic E-state index is 0.131. The van der Waals surface area contributed by atoms with E-state index < -0.39 is 5.97 Å². The van der Waals surface area contributed by atoms with Gasteiger partial charge in [0, 0.05) is 29.2 Å². The number of nitrogens with zero attached hydrogens (tertiary/aromatic N) is 1. The van der Waals surface area contributed by atoms with Crippen LogP contribution in [0.3, 0.4) is 0 Å². The Morgan fingerprint density at radius 3 is 2.52 bits per heavy atom. The summed E-state index contributed by atoms with van der Waals surface area (Å²) in [5, 5.41) is 9.80. The largest absolute Gasteiger partial charge is 0.478 e. The van der Waals surface area contributed by atoms with Crippen molar-refractivity contribution in [3.8, 4) is 11.1 Å². The number of halogens is 1. The number of hydrogen-bond acceptors (Lipinski definition) is 5. The molecule has 1 N–H and O–H groups in total. The fraction of sp³-hybridized carbons (Fsp3) is 0.273. The highest BCUT2D eigenvalue weighted by Crippen LogP contribution is 2.32. The zero-order valence-electron chi connectivity index (χ0n) is 16.3. The van der Waals surface area contributed by atoms with Gasteiger partial charge in [0.1, 0.15) is 5.58 Å². The van der Waals surface area contributed by atoms with Gasteiger partial charge in [-0.3, -0.25) is 4.79 Å². The topological polar surface area (TPSA) is 80.0 Å². The van der Waals surface area contributed by atoms with Gasteiger partial charge in [0.25, 0.3) is 0 Å². The van der Waals surface area contributed by atoms with Gasteiger partial charge in [0.15, 0.2) is 11.3 Å². The van der Waals surface area contributed by atoms with Crippen LogP contribution in [-0.2, 0) is 4.74 Å². The SMILES string of the molecule is CC.O=C(O)c1cc(Br)cc(-c2cccc3c(=O)cc(N4CCOCC4)oc23)c1. The Kier molecular flexibility index (Phi) is 6.71. The Balaban J connectivity index is 0.00000117. The van der Waals surface area contributed by atoms with Gasteiger partial charge >= 0.3 is 5.97 Å². The summed E-state index contributed by atoms with van der Waals surface area (Å²) in [6.45, 7) is 6.46. The number of carboxylic acids is 1. The Labute approximate surface area is 176 Å². The molecule has 0 saturated carbocycles. The fourth-order valence-electron chi connectivity index (χ4n) is 3.20. The lowest BCUT2D eigenvalue weighted by atomic mass is 10.0. The van der Waals surface area contributed by atoms with E-state index in [4.69, 9.17) is 9.15 Å². The summed E-state index contributed by atoms with van der Waals surface area (Å²) in [6, 6.07) is 11.7. The first-order chi connectivity index (χ1) is 14.0. The average molecular weight is 460 g/mol. The summed E-state index contributed by atoms with van der Waals surface area (Å²) < 4.78 is 12.1. The van der Waals surface area contributed by atoms with Gasteiger partial charge < -0.3 is 19.2 Å². The van der Waals surface area contributed by atoms with Crippen molar-refractivity contribution >= 4 is 38.8 Å². The molecule has 4 rings (SSSR count). The highest BCUT2D eigenvalue weighted by atomic mass is 79.9. The molecule has 1 fully saturated rings. The molecule has 0 unspecified atom stereocenters. The number of carboxylic acid groups (broad SMARTS) is 1. The van der Waals surface area contributed by atoms with E-state index in [0.29, 0.717) is 58.8 Å². The predicted octanol–water partition coefficient (Wildman–Crippen LogP) is 4.78. The molecule has 1 aliphatic rings. The summed E-state index contributed by atoms with van der Waals surface area (Å²) in [5.74, 6) is -0.523. The lowest BCUT2D eigenvalue weighted by molar-refractivity contribution is 0.0697. The molecule has 1 saturated heterocycles. The van der Waals surface area contributed by atoms with Crippen LogP contribution in [0, 0.1) is 0 Å². The summed E-state index contributed by atoms with van der Waals surface area (Å²) in [4.78, 5) is 26.0. The van der Waals surface area contributed by atoms with E-state index in [9.17, 15) is 14.7 Å². The van der Waals surface area contributed by atoms with Crippen LogP contribution in [-0.4, -0.2) is 37.4 Å². The first-order valence-corrected chi connectivity index (χ1v) is 10.3. The number of carbonyl (C=O) groups is 1. The van der Waals surface area contributed by atoms with Crippen molar-refractivity contribution < 1.29 is 19.1 Å². The van der Waals surface area contributed by atoms with Crippen molar-refractivity contribution in [1.29, 1.82) is 0 Å². The summed E-state index contributed by atoms with van der Waals surface area (Å²) in [5.41, 5.74) is 1.80. The van der Waals surface area contributed by atoms with Crippen molar-refractivity contribution in [3.05, 3.63) is 62.7 Å². The molecule has 6 nitrogen and oxygen atoms in total. The molecular weight excluding hydrogens is 438 g/mol. The van der Waals surface area contributed by atoms with E-state index in [1.165, 1.54) is 12.1 Å². The number of morpholine rings is 1. The van der Waals surface area contributed by atoms with E-state index in [2.05, 4.69) is 15.9 Å². The molecule has 1 aromatic heterocycles. The quantitative estimate of drug-likeness (QED) is 0.606. The Morgan fingerprint density at radius 2 is 1.83 bits per heavy atom. The molecule has 0 bridgehead atoms.